The number of carbonyl (C=O) groups is 2. The molecule has 2 amide bonds. The fourth-order valence-electron chi connectivity index (χ4n) is 3.25. The Morgan fingerprint density at radius 3 is 2.04 bits per heavy atom. The number of carbonyl (C=O) groups excluding carboxylic acids is 2. The summed E-state index contributed by atoms with van der Waals surface area (Å²) in [7, 11) is 3.05. The monoisotopic (exact) mass is 446 g/mol. The highest BCUT2D eigenvalue weighted by atomic mass is 79.9. The third-order valence-electron chi connectivity index (χ3n) is 4.80. The molecular weight excluding hydrogens is 424 g/mol. The van der Waals surface area contributed by atoms with Gasteiger partial charge in [0.2, 0.25) is 0 Å². The molecule has 0 saturated heterocycles. The van der Waals surface area contributed by atoms with E-state index in [2.05, 4.69) is 26.6 Å². The van der Waals surface area contributed by atoms with Crippen LogP contribution < -0.4 is 20.1 Å². The predicted octanol–water partition coefficient (Wildman–Crippen LogP) is 4.39. The average molecular weight is 447 g/mol. The van der Waals surface area contributed by atoms with E-state index in [-0.39, 0.29) is 17.9 Å². The van der Waals surface area contributed by atoms with Crippen LogP contribution in [0.4, 0.5) is 5.69 Å². The second kappa shape index (κ2) is 9.10. The van der Waals surface area contributed by atoms with Crippen molar-refractivity contribution in [1.82, 2.24) is 5.32 Å². The first-order valence-electron chi connectivity index (χ1n) is 9.15. The highest BCUT2D eigenvalue weighted by Crippen LogP contribution is 2.35. The fourth-order valence-corrected chi connectivity index (χ4v) is 3.80. The standard InChI is InChI=1S/C21H23BrN2O4/c1-27-17-11-14(12-18(28-2)19(17)22)21(26)24-16-9-7-13(8-10-16)20(25)23-15-5-3-4-6-15/h7-12,15H,3-6H2,1-2H3,(H,23,25)(H,24,26). The van der Waals surface area contributed by atoms with E-state index in [9.17, 15) is 9.59 Å². The number of benzene rings is 2. The van der Waals surface area contributed by atoms with Gasteiger partial charge in [-0.2, -0.15) is 0 Å². The Bertz CT molecular complexity index is 836. The zero-order valence-corrected chi connectivity index (χ0v) is 17.5. The zero-order chi connectivity index (χ0) is 20.1. The van der Waals surface area contributed by atoms with Crippen LogP contribution in [0.15, 0.2) is 40.9 Å². The molecule has 0 spiro atoms. The molecule has 0 unspecified atom stereocenters. The quantitative estimate of drug-likeness (QED) is 0.689. The van der Waals surface area contributed by atoms with Crippen LogP contribution in [0.5, 0.6) is 11.5 Å². The van der Waals surface area contributed by atoms with E-state index in [4.69, 9.17) is 9.47 Å². The number of rotatable bonds is 6. The van der Waals surface area contributed by atoms with Gasteiger partial charge >= 0.3 is 0 Å². The van der Waals surface area contributed by atoms with Gasteiger partial charge in [0, 0.05) is 22.9 Å². The van der Waals surface area contributed by atoms with E-state index in [0.717, 1.165) is 12.8 Å². The molecule has 1 aliphatic rings. The van der Waals surface area contributed by atoms with Crippen LogP contribution in [0.1, 0.15) is 46.4 Å². The topological polar surface area (TPSA) is 76.7 Å². The summed E-state index contributed by atoms with van der Waals surface area (Å²) in [5.74, 6) is 0.631. The molecule has 1 fully saturated rings. The molecule has 2 N–H and O–H groups in total. The first-order valence-corrected chi connectivity index (χ1v) is 9.95. The third-order valence-corrected chi connectivity index (χ3v) is 5.58. The van der Waals surface area contributed by atoms with Crippen LogP contribution >= 0.6 is 15.9 Å². The Hall–Kier alpha value is -2.54. The average Bonchev–Trinajstić information content (AvgIpc) is 3.21. The maximum atomic E-state index is 12.6. The lowest BCUT2D eigenvalue weighted by molar-refractivity contribution is 0.0937. The van der Waals surface area contributed by atoms with Crippen molar-refractivity contribution >= 4 is 33.4 Å². The van der Waals surface area contributed by atoms with Crippen molar-refractivity contribution in [3.05, 3.63) is 52.0 Å². The van der Waals surface area contributed by atoms with Gasteiger partial charge in [-0.25, -0.2) is 0 Å². The van der Waals surface area contributed by atoms with Crippen LogP contribution in [0.3, 0.4) is 0 Å². The van der Waals surface area contributed by atoms with Gasteiger partial charge < -0.3 is 20.1 Å². The van der Waals surface area contributed by atoms with Crippen molar-refractivity contribution in [3.8, 4) is 11.5 Å². The number of hydrogen-bond donors (Lipinski definition) is 2. The fraction of sp³-hybridized carbons (Fsp3) is 0.333. The summed E-state index contributed by atoms with van der Waals surface area (Å²) in [4.78, 5) is 24.9. The molecular formula is C21H23BrN2O4. The first-order chi connectivity index (χ1) is 13.5. The van der Waals surface area contributed by atoms with Crippen molar-refractivity contribution in [2.45, 2.75) is 31.7 Å². The highest BCUT2D eigenvalue weighted by molar-refractivity contribution is 9.10. The normalized spacial score (nSPS) is 13.8. The second-order valence-corrected chi connectivity index (χ2v) is 7.47. The third kappa shape index (κ3) is 4.65. The maximum Gasteiger partial charge on any atom is 0.255 e. The summed E-state index contributed by atoms with van der Waals surface area (Å²) < 4.78 is 11.2. The van der Waals surface area contributed by atoms with E-state index < -0.39 is 0 Å². The summed E-state index contributed by atoms with van der Waals surface area (Å²) in [5, 5.41) is 5.88. The molecule has 0 bridgehead atoms. The van der Waals surface area contributed by atoms with Crippen molar-refractivity contribution in [1.29, 1.82) is 0 Å². The minimum atomic E-state index is -0.299. The number of halogens is 1. The van der Waals surface area contributed by atoms with Crippen molar-refractivity contribution < 1.29 is 19.1 Å². The number of amides is 2. The summed E-state index contributed by atoms with van der Waals surface area (Å²) in [6, 6.07) is 10.4. The van der Waals surface area contributed by atoms with Crippen LogP contribution in [-0.2, 0) is 0 Å². The van der Waals surface area contributed by atoms with Gasteiger partial charge in [-0.05, 0) is 65.2 Å². The molecule has 0 radical (unpaired) electrons. The molecule has 3 rings (SSSR count). The van der Waals surface area contributed by atoms with E-state index >= 15 is 0 Å². The first kappa shape index (κ1) is 20.2. The van der Waals surface area contributed by atoms with E-state index in [1.165, 1.54) is 27.1 Å². The number of methoxy groups -OCH3 is 2. The molecule has 6 nitrogen and oxygen atoms in total. The Labute approximate surface area is 172 Å². The molecule has 0 aliphatic heterocycles. The Morgan fingerprint density at radius 1 is 0.929 bits per heavy atom. The molecule has 28 heavy (non-hydrogen) atoms. The van der Waals surface area contributed by atoms with E-state index in [0.29, 0.717) is 32.8 Å². The lowest BCUT2D eigenvalue weighted by atomic mass is 10.1. The van der Waals surface area contributed by atoms with Gasteiger partial charge in [0.05, 0.1) is 14.2 Å². The van der Waals surface area contributed by atoms with Gasteiger partial charge in [-0.1, -0.05) is 12.8 Å². The zero-order valence-electron chi connectivity index (χ0n) is 15.9. The molecule has 2 aromatic carbocycles. The van der Waals surface area contributed by atoms with Gasteiger partial charge in [-0.15, -0.1) is 0 Å². The molecule has 0 atom stereocenters. The van der Waals surface area contributed by atoms with E-state index in [1.807, 2.05) is 0 Å². The summed E-state index contributed by atoms with van der Waals surface area (Å²) in [6.45, 7) is 0. The maximum absolute atomic E-state index is 12.6. The Morgan fingerprint density at radius 2 is 1.50 bits per heavy atom. The SMILES string of the molecule is COc1cc(C(=O)Nc2ccc(C(=O)NC3CCCC3)cc2)cc(OC)c1Br. The highest BCUT2D eigenvalue weighted by Gasteiger charge is 2.18. The molecule has 1 aliphatic carbocycles. The molecule has 0 heterocycles. The minimum Gasteiger partial charge on any atom is -0.495 e. The van der Waals surface area contributed by atoms with Crippen LogP contribution in [0, 0.1) is 0 Å². The molecule has 7 heteroatoms. The van der Waals surface area contributed by atoms with Crippen LogP contribution in [-0.4, -0.2) is 32.1 Å². The van der Waals surface area contributed by atoms with Crippen molar-refractivity contribution in [3.63, 3.8) is 0 Å². The lowest BCUT2D eigenvalue weighted by Gasteiger charge is -2.13. The second-order valence-electron chi connectivity index (χ2n) is 6.68. The molecule has 0 aromatic heterocycles. The number of nitrogens with one attached hydrogen (secondary N) is 2. The van der Waals surface area contributed by atoms with Gasteiger partial charge in [0.1, 0.15) is 16.0 Å². The molecule has 148 valence electrons. The number of ether oxygens (including phenoxy) is 2. The van der Waals surface area contributed by atoms with Crippen molar-refractivity contribution in [2.75, 3.05) is 19.5 Å². The van der Waals surface area contributed by atoms with Crippen molar-refractivity contribution in [2.24, 2.45) is 0 Å². The number of hydrogen-bond acceptors (Lipinski definition) is 4. The smallest absolute Gasteiger partial charge is 0.255 e. The Balaban J connectivity index is 1.68. The van der Waals surface area contributed by atoms with Crippen LogP contribution in [0.25, 0.3) is 0 Å². The van der Waals surface area contributed by atoms with Gasteiger partial charge in [0.25, 0.3) is 11.8 Å². The molecule has 1 saturated carbocycles. The molecule has 2 aromatic rings. The van der Waals surface area contributed by atoms with Gasteiger partial charge in [-0.3, -0.25) is 9.59 Å². The van der Waals surface area contributed by atoms with Gasteiger partial charge in [0.15, 0.2) is 0 Å². The largest absolute Gasteiger partial charge is 0.495 e. The van der Waals surface area contributed by atoms with E-state index in [1.54, 1.807) is 36.4 Å². The summed E-state index contributed by atoms with van der Waals surface area (Å²) >= 11 is 3.38. The summed E-state index contributed by atoms with van der Waals surface area (Å²) in [6.07, 6.45) is 4.42. The Kier molecular flexibility index (Phi) is 6.57. The number of anilines is 1. The minimum absolute atomic E-state index is 0.0767. The summed E-state index contributed by atoms with van der Waals surface area (Å²) in [5.41, 5.74) is 1.58. The predicted molar refractivity (Wildman–Crippen MR) is 111 cm³/mol. The lowest BCUT2D eigenvalue weighted by Crippen LogP contribution is -2.32. The van der Waals surface area contributed by atoms with Crippen LogP contribution in [0.2, 0.25) is 0 Å².